The normalized spacial score (nSPS) is 13.9. The van der Waals surface area contributed by atoms with E-state index in [1.807, 2.05) is 0 Å². The first kappa shape index (κ1) is 14.2. The van der Waals surface area contributed by atoms with E-state index in [-0.39, 0.29) is 18.8 Å². The number of pyridine rings is 1. The van der Waals surface area contributed by atoms with Crippen molar-refractivity contribution >= 4 is 22.4 Å². The van der Waals surface area contributed by atoms with Crippen molar-refractivity contribution in [2.45, 2.75) is 12.5 Å². The molecule has 0 saturated carbocycles. The van der Waals surface area contributed by atoms with E-state index in [0.717, 1.165) is 0 Å². The van der Waals surface area contributed by atoms with Gasteiger partial charge in [-0.1, -0.05) is 0 Å². The molecule has 20 heavy (non-hydrogen) atoms. The molecule has 1 aromatic heterocycles. The van der Waals surface area contributed by atoms with Crippen LogP contribution in [0.15, 0.2) is 30.3 Å². The van der Waals surface area contributed by atoms with E-state index in [4.69, 9.17) is 5.11 Å². The molecule has 106 valence electrons. The van der Waals surface area contributed by atoms with Gasteiger partial charge in [-0.05, 0) is 25.1 Å². The number of aromatic nitrogens is 1. The number of benzene rings is 1. The number of non-ortho nitro benzene ring substituents is 1. The van der Waals surface area contributed by atoms with Gasteiger partial charge in [0.1, 0.15) is 11.4 Å². The molecular weight excluding hydrogens is 262 g/mol. The van der Waals surface area contributed by atoms with Crippen LogP contribution in [-0.2, 0) is 0 Å². The predicted octanol–water partition coefficient (Wildman–Crippen LogP) is 1.30. The third-order valence-electron chi connectivity index (χ3n) is 2.87. The summed E-state index contributed by atoms with van der Waals surface area (Å²) in [7, 11) is 0. The Kier molecular flexibility index (Phi) is 3.82. The number of nitro groups is 1. The maximum atomic E-state index is 10.7. The average molecular weight is 277 g/mol. The minimum atomic E-state index is -1.23. The molecule has 0 radical (unpaired) electrons. The van der Waals surface area contributed by atoms with Gasteiger partial charge in [-0.15, -0.1) is 0 Å². The van der Waals surface area contributed by atoms with Crippen molar-refractivity contribution in [2.24, 2.45) is 0 Å². The predicted molar refractivity (Wildman–Crippen MR) is 74.6 cm³/mol. The zero-order valence-electron chi connectivity index (χ0n) is 10.9. The van der Waals surface area contributed by atoms with E-state index in [2.05, 4.69) is 10.3 Å². The Balaban J connectivity index is 2.22. The van der Waals surface area contributed by atoms with Gasteiger partial charge >= 0.3 is 0 Å². The molecule has 0 spiro atoms. The van der Waals surface area contributed by atoms with Gasteiger partial charge in [0, 0.05) is 24.1 Å². The highest BCUT2D eigenvalue weighted by atomic mass is 16.6. The van der Waals surface area contributed by atoms with Gasteiger partial charge in [0.05, 0.1) is 17.0 Å². The van der Waals surface area contributed by atoms with Crippen molar-refractivity contribution in [3.8, 4) is 0 Å². The van der Waals surface area contributed by atoms with Crippen LogP contribution in [0.5, 0.6) is 0 Å². The second-order valence-corrected chi connectivity index (χ2v) is 4.84. The average Bonchev–Trinajstić information content (AvgIpc) is 2.44. The molecule has 7 nitrogen and oxygen atoms in total. The van der Waals surface area contributed by atoms with Crippen LogP contribution < -0.4 is 5.32 Å². The molecule has 7 heteroatoms. The minimum absolute atomic E-state index is 0.0169. The maximum absolute atomic E-state index is 10.7. The van der Waals surface area contributed by atoms with Crippen LogP contribution in [0.1, 0.15) is 6.92 Å². The van der Waals surface area contributed by atoms with Crippen LogP contribution >= 0.6 is 0 Å². The fraction of sp³-hybridized carbons (Fsp3) is 0.308. The molecule has 0 amide bonds. The van der Waals surface area contributed by atoms with Gasteiger partial charge in [-0.3, -0.25) is 10.1 Å². The highest BCUT2D eigenvalue weighted by Crippen LogP contribution is 2.21. The lowest BCUT2D eigenvalue weighted by Crippen LogP contribution is -2.37. The van der Waals surface area contributed by atoms with Gasteiger partial charge in [-0.2, -0.15) is 0 Å². The summed E-state index contributed by atoms with van der Waals surface area (Å²) in [5.41, 5.74) is -0.598. The first-order chi connectivity index (χ1) is 9.41. The molecule has 0 aliphatic rings. The number of nitro benzene ring substituents is 1. The summed E-state index contributed by atoms with van der Waals surface area (Å²) in [6, 6.07) is 7.80. The lowest BCUT2D eigenvalue weighted by Gasteiger charge is -2.20. The lowest BCUT2D eigenvalue weighted by atomic mass is 10.1. The van der Waals surface area contributed by atoms with E-state index >= 15 is 0 Å². The summed E-state index contributed by atoms with van der Waals surface area (Å²) in [6.07, 6.45) is 0. The van der Waals surface area contributed by atoms with Gasteiger partial charge in [-0.25, -0.2) is 4.98 Å². The number of nitrogens with one attached hydrogen (secondary N) is 1. The van der Waals surface area contributed by atoms with Crippen LogP contribution in [0.25, 0.3) is 10.9 Å². The smallest absolute Gasteiger partial charge is 0.270 e. The third kappa shape index (κ3) is 3.19. The molecule has 3 N–H and O–H groups in total. The Morgan fingerprint density at radius 1 is 1.40 bits per heavy atom. The Bertz CT molecular complexity index is 643. The number of aliphatic hydroxyl groups excluding tert-OH is 1. The molecule has 1 unspecified atom stereocenters. The van der Waals surface area contributed by atoms with Crippen molar-refractivity contribution in [1.29, 1.82) is 0 Å². The van der Waals surface area contributed by atoms with Crippen molar-refractivity contribution in [3.05, 3.63) is 40.4 Å². The number of hydrogen-bond donors (Lipinski definition) is 3. The van der Waals surface area contributed by atoms with Crippen LogP contribution in [0, 0.1) is 10.1 Å². The summed E-state index contributed by atoms with van der Waals surface area (Å²) in [5.74, 6) is 0.528. The largest absolute Gasteiger partial charge is 0.393 e. The number of hydrogen-bond acceptors (Lipinski definition) is 6. The van der Waals surface area contributed by atoms with Gasteiger partial charge in [0.15, 0.2) is 0 Å². The molecule has 0 fully saturated rings. The summed E-state index contributed by atoms with van der Waals surface area (Å²) in [5, 5.41) is 32.9. The summed E-state index contributed by atoms with van der Waals surface area (Å²) in [4.78, 5) is 14.5. The number of aliphatic hydroxyl groups is 2. The van der Waals surface area contributed by atoms with E-state index in [9.17, 15) is 15.2 Å². The fourth-order valence-electron chi connectivity index (χ4n) is 1.66. The summed E-state index contributed by atoms with van der Waals surface area (Å²) < 4.78 is 0. The molecule has 0 aliphatic heterocycles. The first-order valence-electron chi connectivity index (χ1n) is 6.04. The SMILES string of the molecule is CC(O)(CO)CNc1ccc2cc([N+](=O)[O-])ccc2n1. The molecular formula is C13H15N3O4. The Morgan fingerprint density at radius 3 is 2.80 bits per heavy atom. The zero-order valence-corrected chi connectivity index (χ0v) is 10.9. The second-order valence-electron chi connectivity index (χ2n) is 4.84. The molecule has 0 aliphatic carbocycles. The summed E-state index contributed by atoms with van der Waals surface area (Å²) in [6.45, 7) is 1.29. The summed E-state index contributed by atoms with van der Waals surface area (Å²) >= 11 is 0. The molecule has 2 rings (SSSR count). The third-order valence-corrected chi connectivity index (χ3v) is 2.87. The molecule has 1 heterocycles. The quantitative estimate of drug-likeness (QED) is 0.561. The van der Waals surface area contributed by atoms with Crippen LogP contribution in [0.2, 0.25) is 0 Å². The van der Waals surface area contributed by atoms with Gasteiger partial charge < -0.3 is 15.5 Å². The Hall–Kier alpha value is -2.25. The standard InChI is InChI=1S/C13H15N3O4/c1-13(18,8-17)7-14-12-5-2-9-6-10(16(19)20)3-4-11(9)15-12/h2-6,17-18H,7-8H2,1H3,(H,14,15). The van der Waals surface area contributed by atoms with Crippen molar-refractivity contribution in [1.82, 2.24) is 4.98 Å². The number of fused-ring (bicyclic) bond motifs is 1. The molecule has 2 aromatic rings. The highest BCUT2D eigenvalue weighted by Gasteiger charge is 2.18. The van der Waals surface area contributed by atoms with Crippen molar-refractivity contribution in [2.75, 3.05) is 18.5 Å². The second kappa shape index (κ2) is 5.40. The number of nitrogens with zero attached hydrogens (tertiary/aromatic N) is 2. The maximum Gasteiger partial charge on any atom is 0.270 e. The van der Waals surface area contributed by atoms with E-state index < -0.39 is 10.5 Å². The van der Waals surface area contributed by atoms with Crippen LogP contribution in [0.3, 0.4) is 0 Å². The van der Waals surface area contributed by atoms with Crippen molar-refractivity contribution < 1.29 is 15.1 Å². The minimum Gasteiger partial charge on any atom is -0.393 e. The Labute approximate surface area is 115 Å². The van der Waals surface area contributed by atoms with Gasteiger partial charge in [0.2, 0.25) is 0 Å². The van der Waals surface area contributed by atoms with E-state index in [1.165, 1.54) is 19.1 Å². The molecule has 0 bridgehead atoms. The first-order valence-corrected chi connectivity index (χ1v) is 6.04. The van der Waals surface area contributed by atoms with Crippen LogP contribution in [-0.4, -0.2) is 38.9 Å². The van der Waals surface area contributed by atoms with E-state index in [0.29, 0.717) is 16.7 Å². The zero-order chi connectivity index (χ0) is 14.8. The molecule has 1 atom stereocenters. The van der Waals surface area contributed by atoms with Gasteiger partial charge in [0.25, 0.3) is 5.69 Å². The lowest BCUT2D eigenvalue weighted by molar-refractivity contribution is -0.384. The highest BCUT2D eigenvalue weighted by molar-refractivity contribution is 5.82. The van der Waals surface area contributed by atoms with E-state index in [1.54, 1.807) is 18.2 Å². The number of anilines is 1. The molecule has 1 aromatic carbocycles. The fourth-order valence-corrected chi connectivity index (χ4v) is 1.66. The Morgan fingerprint density at radius 2 is 2.15 bits per heavy atom. The topological polar surface area (TPSA) is 109 Å². The molecule has 0 saturated heterocycles. The van der Waals surface area contributed by atoms with Crippen LogP contribution in [0.4, 0.5) is 11.5 Å². The monoisotopic (exact) mass is 277 g/mol. The van der Waals surface area contributed by atoms with Crippen molar-refractivity contribution in [3.63, 3.8) is 0 Å². The number of rotatable bonds is 5.